The van der Waals surface area contributed by atoms with E-state index in [-0.39, 0.29) is 6.42 Å². The number of hydrogen-bond acceptors (Lipinski definition) is 3. The number of carbonyl (C=O) groups is 1. The van der Waals surface area contributed by atoms with Crippen LogP contribution in [0.5, 0.6) is 0 Å². The van der Waals surface area contributed by atoms with Crippen molar-refractivity contribution in [2.45, 2.75) is 32.8 Å². The Balaban J connectivity index is 3.04. The second kappa shape index (κ2) is 6.36. The van der Waals surface area contributed by atoms with Crippen molar-refractivity contribution in [3.63, 3.8) is 0 Å². The third kappa shape index (κ3) is 4.00. The Hall–Kier alpha value is -1.61. The number of aliphatic hydroxyl groups is 1. The van der Waals surface area contributed by atoms with E-state index >= 15 is 0 Å². The van der Waals surface area contributed by atoms with Crippen molar-refractivity contribution >= 4 is 5.97 Å². The molecule has 0 aromatic heterocycles. The van der Waals surface area contributed by atoms with Crippen LogP contribution in [0.1, 0.15) is 32.8 Å². The van der Waals surface area contributed by atoms with Gasteiger partial charge in [-0.1, -0.05) is 35.9 Å². The van der Waals surface area contributed by atoms with Crippen LogP contribution in [0, 0.1) is 0 Å². The number of ether oxygens (including phenoxy) is 1. The largest absolute Gasteiger partial charge is 0.466 e. The Bertz CT molecular complexity index is 419. The zero-order valence-corrected chi connectivity index (χ0v) is 11.1. The predicted octanol–water partition coefficient (Wildman–Crippen LogP) is 2.79. The quantitative estimate of drug-likeness (QED) is 0.644. The van der Waals surface area contributed by atoms with Gasteiger partial charge in [-0.05, 0) is 32.4 Å². The van der Waals surface area contributed by atoms with E-state index in [2.05, 4.69) is 0 Å². The second-order valence-corrected chi connectivity index (χ2v) is 4.49. The highest BCUT2D eigenvalue weighted by atomic mass is 16.5. The summed E-state index contributed by atoms with van der Waals surface area (Å²) in [6, 6.07) is 9.16. The molecule has 0 amide bonds. The smallest absolute Gasteiger partial charge is 0.309 e. The summed E-state index contributed by atoms with van der Waals surface area (Å²) in [6.07, 6.45) is 1.62. The maximum Gasteiger partial charge on any atom is 0.309 e. The maximum atomic E-state index is 11.6. The van der Waals surface area contributed by atoms with Gasteiger partial charge >= 0.3 is 5.97 Å². The number of esters is 1. The molecule has 0 fully saturated rings. The van der Waals surface area contributed by atoms with Gasteiger partial charge in [0.25, 0.3) is 0 Å². The van der Waals surface area contributed by atoms with Gasteiger partial charge in [0.1, 0.15) is 5.60 Å². The van der Waals surface area contributed by atoms with E-state index in [0.717, 1.165) is 5.57 Å². The molecule has 18 heavy (non-hydrogen) atoms. The molecule has 1 unspecified atom stereocenters. The van der Waals surface area contributed by atoms with E-state index in [1.807, 2.05) is 32.0 Å². The summed E-state index contributed by atoms with van der Waals surface area (Å²) < 4.78 is 4.91. The number of rotatable bonds is 5. The van der Waals surface area contributed by atoms with E-state index in [0.29, 0.717) is 12.2 Å². The van der Waals surface area contributed by atoms with E-state index in [9.17, 15) is 9.90 Å². The summed E-state index contributed by atoms with van der Waals surface area (Å²) in [7, 11) is 0. The summed E-state index contributed by atoms with van der Waals surface area (Å²) in [6.45, 7) is 5.84. The Labute approximate surface area is 108 Å². The minimum Gasteiger partial charge on any atom is -0.466 e. The molecule has 0 saturated carbocycles. The number of benzene rings is 1. The fourth-order valence-corrected chi connectivity index (χ4v) is 1.87. The van der Waals surface area contributed by atoms with Gasteiger partial charge in [-0.2, -0.15) is 0 Å². The van der Waals surface area contributed by atoms with Crippen LogP contribution in [0.15, 0.2) is 42.0 Å². The fraction of sp³-hybridized carbons (Fsp3) is 0.400. The molecule has 1 aromatic carbocycles. The van der Waals surface area contributed by atoms with E-state index in [4.69, 9.17) is 4.74 Å². The molecular formula is C15H20O3. The Morgan fingerprint density at radius 3 is 2.44 bits per heavy atom. The molecule has 0 spiro atoms. The van der Waals surface area contributed by atoms with Crippen LogP contribution in [0.3, 0.4) is 0 Å². The lowest BCUT2D eigenvalue weighted by atomic mass is 9.89. The third-order valence-electron chi connectivity index (χ3n) is 2.52. The monoisotopic (exact) mass is 248 g/mol. The molecule has 0 bridgehead atoms. The number of hydrogen-bond donors (Lipinski definition) is 1. The van der Waals surface area contributed by atoms with Crippen molar-refractivity contribution < 1.29 is 14.6 Å². The van der Waals surface area contributed by atoms with Gasteiger partial charge in [-0.15, -0.1) is 0 Å². The lowest BCUT2D eigenvalue weighted by Crippen LogP contribution is -2.28. The Kier molecular flexibility index (Phi) is 5.10. The van der Waals surface area contributed by atoms with Gasteiger partial charge < -0.3 is 9.84 Å². The fourth-order valence-electron chi connectivity index (χ4n) is 1.87. The molecule has 0 aliphatic rings. The summed E-state index contributed by atoms with van der Waals surface area (Å²) >= 11 is 0. The second-order valence-electron chi connectivity index (χ2n) is 4.49. The highest BCUT2D eigenvalue weighted by Gasteiger charge is 2.30. The highest BCUT2D eigenvalue weighted by molar-refractivity contribution is 5.71. The number of carbonyl (C=O) groups excluding carboxylic acids is 1. The average Bonchev–Trinajstić information content (AvgIpc) is 2.29. The van der Waals surface area contributed by atoms with E-state index in [1.54, 1.807) is 25.1 Å². The summed E-state index contributed by atoms with van der Waals surface area (Å²) in [4.78, 5) is 11.6. The first-order chi connectivity index (χ1) is 8.48. The molecule has 1 atom stereocenters. The van der Waals surface area contributed by atoms with Crippen LogP contribution in [0.25, 0.3) is 0 Å². The summed E-state index contributed by atoms with van der Waals surface area (Å²) in [5.41, 5.74) is 0.344. The molecule has 1 rings (SSSR count). The maximum absolute atomic E-state index is 11.6. The average molecular weight is 248 g/mol. The van der Waals surface area contributed by atoms with Crippen molar-refractivity contribution in [1.29, 1.82) is 0 Å². The van der Waals surface area contributed by atoms with Crippen molar-refractivity contribution in [3.05, 3.63) is 47.5 Å². The first-order valence-corrected chi connectivity index (χ1v) is 6.07. The van der Waals surface area contributed by atoms with E-state index in [1.165, 1.54) is 0 Å². The van der Waals surface area contributed by atoms with Crippen LogP contribution in [0.4, 0.5) is 0 Å². The summed E-state index contributed by atoms with van der Waals surface area (Å²) in [5, 5.41) is 10.7. The van der Waals surface area contributed by atoms with Crippen molar-refractivity contribution in [1.82, 2.24) is 0 Å². The third-order valence-corrected chi connectivity index (χ3v) is 2.52. The van der Waals surface area contributed by atoms with E-state index < -0.39 is 11.6 Å². The van der Waals surface area contributed by atoms with Crippen LogP contribution in [0.2, 0.25) is 0 Å². The van der Waals surface area contributed by atoms with Crippen LogP contribution >= 0.6 is 0 Å². The van der Waals surface area contributed by atoms with Gasteiger partial charge in [0, 0.05) is 0 Å². The van der Waals surface area contributed by atoms with Crippen molar-refractivity contribution in [2.24, 2.45) is 0 Å². The molecule has 1 N–H and O–H groups in total. The Morgan fingerprint density at radius 1 is 1.33 bits per heavy atom. The van der Waals surface area contributed by atoms with Crippen molar-refractivity contribution in [3.8, 4) is 0 Å². The first-order valence-electron chi connectivity index (χ1n) is 6.07. The number of allylic oxidation sites excluding steroid dienone is 1. The van der Waals surface area contributed by atoms with Gasteiger partial charge in [0.15, 0.2) is 0 Å². The molecule has 0 aliphatic heterocycles. The van der Waals surface area contributed by atoms with Gasteiger partial charge in [-0.25, -0.2) is 0 Å². The zero-order valence-electron chi connectivity index (χ0n) is 11.1. The SMILES string of the molecule is CCOC(=O)CC(O)(C=C(C)C)c1ccccc1. The molecule has 98 valence electrons. The molecule has 3 heteroatoms. The lowest BCUT2D eigenvalue weighted by Gasteiger charge is -2.25. The lowest BCUT2D eigenvalue weighted by molar-refractivity contribution is -0.147. The standard InChI is InChI=1S/C15H20O3/c1-4-18-14(16)11-15(17,10-12(2)3)13-8-6-5-7-9-13/h5-10,17H,4,11H2,1-3H3. The van der Waals surface area contributed by atoms with Gasteiger partial charge in [0.2, 0.25) is 0 Å². The Morgan fingerprint density at radius 2 is 1.94 bits per heavy atom. The molecule has 0 saturated heterocycles. The molecule has 0 heterocycles. The highest BCUT2D eigenvalue weighted by Crippen LogP contribution is 2.28. The van der Waals surface area contributed by atoms with Crippen molar-refractivity contribution in [2.75, 3.05) is 6.61 Å². The first kappa shape index (κ1) is 14.5. The van der Waals surface area contributed by atoms with Gasteiger partial charge in [-0.3, -0.25) is 4.79 Å². The van der Waals surface area contributed by atoms with Gasteiger partial charge in [0.05, 0.1) is 13.0 Å². The minimum atomic E-state index is -1.30. The molecule has 3 nitrogen and oxygen atoms in total. The molecule has 1 aromatic rings. The molecule has 0 radical (unpaired) electrons. The predicted molar refractivity (Wildman–Crippen MR) is 71.0 cm³/mol. The minimum absolute atomic E-state index is 0.0734. The van der Waals surface area contributed by atoms with Crippen LogP contribution in [-0.4, -0.2) is 17.7 Å². The zero-order chi connectivity index (χ0) is 13.6. The topological polar surface area (TPSA) is 46.5 Å². The summed E-state index contributed by atoms with van der Waals surface area (Å²) in [5.74, 6) is -0.402. The van der Waals surface area contributed by atoms with Crippen LogP contribution < -0.4 is 0 Å². The molecule has 0 aliphatic carbocycles. The van der Waals surface area contributed by atoms with Crippen LogP contribution in [-0.2, 0) is 15.1 Å². The normalized spacial score (nSPS) is 13.6. The molecular weight excluding hydrogens is 228 g/mol.